The van der Waals surface area contributed by atoms with Crippen molar-refractivity contribution >= 4 is 23.4 Å². The number of carboxylic acids is 1. The fourth-order valence-corrected chi connectivity index (χ4v) is 3.08. The van der Waals surface area contributed by atoms with Crippen molar-refractivity contribution in [1.29, 1.82) is 0 Å². The number of carboxylic acid groups (broad SMARTS) is 1. The maximum atomic E-state index is 12.1. The van der Waals surface area contributed by atoms with Crippen LogP contribution in [0.1, 0.15) is 26.5 Å². The summed E-state index contributed by atoms with van der Waals surface area (Å²) in [6.07, 6.45) is 0.744. The van der Waals surface area contributed by atoms with Crippen molar-refractivity contribution in [1.82, 2.24) is 14.7 Å². The lowest BCUT2D eigenvalue weighted by Gasteiger charge is -2.22. The zero-order valence-corrected chi connectivity index (χ0v) is 17.2. The maximum absolute atomic E-state index is 12.1. The summed E-state index contributed by atoms with van der Waals surface area (Å²) < 4.78 is 6.87. The Labute approximate surface area is 177 Å². The fraction of sp³-hybridized carbons (Fsp3) is 0.286. The van der Waals surface area contributed by atoms with Gasteiger partial charge in [0.25, 0.3) is 5.69 Å². The van der Waals surface area contributed by atoms with Crippen LogP contribution in [0.25, 0.3) is 16.9 Å². The zero-order chi connectivity index (χ0) is 22.8. The molecule has 0 saturated heterocycles. The van der Waals surface area contributed by atoms with Gasteiger partial charge in [0.1, 0.15) is 17.3 Å². The first-order valence-electron chi connectivity index (χ1n) is 9.48. The molecule has 2 aromatic heterocycles. The number of nitro benzene ring substituents is 1. The van der Waals surface area contributed by atoms with Crippen LogP contribution in [0.2, 0.25) is 0 Å². The predicted octanol–water partition coefficient (Wildman–Crippen LogP) is 3.43. The number of nitrogens with one attached hydrogen (secondary N) is 1. The monoisotopic (exact) mass is 426 g/mol. The van der Waals surface area contributed by atoms with Crippen molar-refractivity contribution in [3.8, 4) is 11.3 Å². The minimum absolute atomic E-state index is 0.109. The van der Waals surface area contributed by atoms with Crippen molar-refractivity contribution in [3.05, 3.63) is 64.5 Å². The summed E-state index contributed by atoms with van der Waals surface area (Å²) in [6.45, 7) is 5.02. The molecule has 0 bridgehead atoms. The lowest BCUT2D eigenvalue weighted by molar-refractivity contribution is -0.384. The third-order valence-electron chi connectivity index (χ3n) is 4.35. The van der Waals surface area contributed by atoms with E-state index in [1.165, 1.54) is 18.2 Å². The number of benzene rings is 1. The second kappa shape index (κ2) is 8.42. The SMILES string of the molecule is CC(C)(C)OC(=O)NC(Cc1c(-c2cccc([N+](=O)[O-])c2)nc2ccccn12)C(=O)O. The van der Waals surface area contributed by atoms with Gasteiger partial charge < -0.3 is 19.6 Å². The van der Waals surface area contributed by atoms with E-state index < -0.39 is 28.6 Å². The Balaban J connectivity index is 2.03. The molecule has 1 unspecified atom stereocenters. The number of fused-ring (bicyclic) bond motifs is 1. The molecule has 1 aromatic carbocycles. The van der Waals surface area contributed by atoms with Crippen molar-refractivity contribution in [2.24, 2.45) is 0 Å². The molecule has 0 saturated carbocycles. The number of amides is 1. The van der Waals surface area contributed by atoms with Crippen LogP contribution in [-0.4, -0.2) is 43.1 Å². The number of alkyl carbamates (subject to hydrolysis) is 1. The molecule has 0 aliphatic carbocycles. The van der Waals surface area contributed by atoms with Crippen LogP contribution >= 0.6 is 0 Å². The third kappa shape index (κ3) is 5.16. The molecule has 3 aromatic rings. The molecule has 2 N–H and O–H groups in total. The van der Waals surface area contributed by atoms with Crippen molar-refractivity contribution in [3.63, 3.8) is 0 Å². The summed E-state index contributed by atoms with van der Waals surface area (Å²) in [7, 11) is 0. The summed E-state index contributed by atoms with van der Waals surface area (Å²) >= 11 is 0. The van der Waals surface area contributed by atoms with E-state index in [-0.39, 0.29) is 12.1 Å². The highest BCUT2D eigenvalue weighted by Crippen LogP contribution is 2.28. The second-order valence-corrected chi connectivity index (χ2v) is 7.88. The largest absolute Gasteiger partial charge is 0.480 e. The number of hydrogen-bond donors (Lipinski definition) is 2. The Kier molecular flexibility index (Phi) is 5.91. The molecule has 0 aliphatic rings. The number of imidazole rings is 1. The van der Waals surface area contributed by atoms with Gasteiger partial charge in [-0.05, 0) is 32.9 Å². The first-order valence-corrected chi connectivity index (χ1v) is 9.48. The lowest BCUT2D eigenvalue weighted by atomic mass is 10.0. The summed E-state index contributed by atoms with van der Waals surface area (Å²) in [5.41, 5.74) is 0.994. The Hall–Kier alpha value is -3.95. The first kappa shape index (κ1) is 21.8. The molecular formula is C21H22N4O6. The molecule has 0 aliphatic heterocycles. The maximum Gasteiger partial charge on any atom is 0.408 e. The number of carbonyl (C=O) groups is 2. The number of pyridine rings is 1. The fourth-order valence-electron chi connectivity index (χ4n) is 3.08. The molecule has 0 spiro atoms. The van der Waals surface area contributed by atoms with E-state index in [0.717, 1.165) is 0 Å². The number of rotatable bonds is 6. The normalized spacial score (nSPS) is 12.4. The molecular weight excluding hydrogens is 404 g/mol. The van der Waals surface area contributed by atoms with E-state index >= 15 is 0 Å². The Morgan fingerprint density at radius 1 is 1.26 bits per heavy atom. The average Bonchev–Trinajstić information content (AvgIpc) is 3.04. The molecule has 2 heterocycles. The first-order chi connectivity index (χ1) is 14.5. The second-order valence-electron chi connectivity index (χ2n) is 7.88. The molecule has 1 atom stereocenters. The van der Waals surface area contributed by atoms with E-state index in [2.05, 4.69) is 10.3 Å². The molecule has 162 valence electrons. The highest BCUT2D eigenvalue weighted by Gasteiger charge is 2.27. The number of nitro groups is 1. The quantitative estimate of drug-likeness (QED) is 0.455. The summed E-state index contributed by atoms with van der Waals surface area (Å²) in [6, 6.07) is 9.91. The third-order valence-corrected chi connectivity index (χ3v) is 4.35. The van der Waals surface area contributed by atoms with E-state index in [9.17, 15) is 24.8 Å². The molecule has 31 heavy (non-hydrogen) atoms. The van der Waals surface area contributed by atoms with Crippen LogP contribution in [0.15, 0.2) is 48.7 Å². The van der Waals surface area contributed by atoms with Gasteiger partial charge in [0.15, 0.2) is 0 Å². The Bertz CT molecular complexity index is 1150. The summed E-state index contributed by atoms with van der Waals surface area (Å²) in [5.74, 6) is -1.25. The van der Waals surface area contributed by atoms with Crippen LogP contribution in [0.4, 0.5) is 10.5 Å². The summed E-state index contributed by atoms with van der Waals surface area (Å²) in [4.78, 5) is 39.2. The van der Waals surface area contributed by atoms with Crippen LogP contribution in [0, 0.1) is 10.1 Å². The molecule has 0 radical (unpaired) electrons. The van der Waals surface area contributed by atoms with Gasteiger partial charge in [0, 0.05) is 30.3 Å². The number of carbonyl (C=O) groups excluding carboxylic acids is 1. The highest BCUT2D eigenvalue weighted by molar-refractivity contribution is 5.81. The van der Waals surface area contributed by atoms with Gasteiger partial charge in [0.05, 0.1) is 16.3 Å². The highest BCUT2D eigenvalue weighted by atomic mass is 16.6. The van der Waals surface area contributed by atoms with Crippen LogP contribution < -0.4 is 5.32 Å². The van der Waals surface area contributed by atoms with Crippen molar-refractivity contribution < 1.29 is 24.4 Å². The van der Waals surface area contributed by atoms with Gasteiger partial charge in [-0.25, -0.2) is 14.6 Å². The smallest absolute Gasteiger partial charge is 0.408 e. The number of aromatic nitrogens is 2. The summed E-state index contributed by atoms with van der Waals surface area (Å²) in [5, 5.41) is 23.2. The lowest BCUT2D eigenvalue weighted by Crippen LogP contribution is -2.44. The number of aliphatic carboxylic acids is 1. The zero-order valence-electron chi connectivity index (χ0n) is 17.2. The van der Waals surface area contributed by atoms with Gasteiger partial charge in [-0.15, -0.1) is 0 Å². The Morgan fingerprint density at radius 2 is 2.00 bits per heavy atom. The van der Waals surface area contributed by atoms with Gasteiger partial charge >= 0.3 is 12.1 Å². The minimum Gasteiger partial charge on any atom is -0.480 e. The van der Waals surface area contributed by atoms with Crippen molar-refractivity contribution in [2.45, 2.75) is 38.8 Å². The predicted molar refractivity (Wildman–Crippen MR) is 112 cm³/mol. The molecule has 1 amide bonds. The molecule has 10 nitrogen and oxygen atoms in total. The van der Waals surface area contributed by atoms with Gasteiger partial charge in [-0.3, -0.25) is 10.1 Å². The van der Waals surface area contributed by atoms with Crippen LogP contribution in [-0.2, 0) is 16.0 Å². The Morgan fingerprint density at radius 3 is 2.65 bits per heavy atom. The number of hydrogen-bond acceptors (Lipinski definition) is 6. The van der Waals surface area contributed by atoms with E-state index in [4.69, 9.17) is 4.74 Å². The van der Waals surface area contributed by atoms with Crippen molar-refractivity contribution in [2.75, 3.05) is 0 Å². The average molecular weight is 426 g/mol. The van der Waals surface area contributed by atoms with Crippen LogP contribution in [0.5, 0.6) is 0 Å². The molecule has 10 heteroatoms. The van der Waals surface area contributed by atoms with E-state index in [1.54, 1.807) is 55.6 Å². The van der Waals surface area contributed by atoms with Gasteiger partial charge in [-0.2, -0.15) is 0 Å². The van der Waals surface area contributed by atoms with Crippen LogP contribution in [0.3, 0.4) is 0 Å². The number of ether oxygens (including phenoxy) is 1. The van der Waals surface area contributed by atoms with Gasteiger partial charge in [0.2, 0.25) is 0 Å². The molecule has 0 fully saturated rings. The topological polar surface area (TPSA) is 136 Å². The van der Waals surface area contributed by atoms with E-state index in [0.29, 0.717) is 22.6 Å². The number of non-ortho nitro benzene ring substituents is 1. The minimum atomic E-state index is -1.30. The van der Waals surface area contributed by atoms with E-state index in [1.807, 2.05) is 0 Å². The molecule has 3 rings (SSSR count). The standard InChI is InChI=1S/C21H22N4O6/c1-21(2,3)31-20(28)22-15(19(26)27)12-16-18(23-17-9-4-5-10-24(16)17)13-7-6-8-14(11-13)25(29)30/h4-11,15H,12H2,1-3H3,(H,22,28)(H,26,27). The van der Waals surface area contributed by atoms with Gasteiger partial charge in [-0.1, -0.05) is 18.2 Å². The number of nitrogens with zero attached hydrogens (tertiary/aromatic N) is 3.